The predicted octanol–water partition coefficient (Wildman–Crippen LogP) is 0.210. The number of hydrogen-bond acceptors (Lipinski definition) is 3. The first kappa shape index (κ1) is 10.4. The Labute approximate surface area is 85.5 Å². The molecular formula is C9H18N2O2S. The zero-order chi connectivity index (χ0) is 10.2. The van der Waals surface area contributed by atoms with Gasteiger partial charge in [-0.3, -0.25) is 0 Å². The Bertz CT molecular complexity index is 303. The van der Waals surface area contributed by atoms with Crippen LogP contribution >= 0.6 is 0 Å². The topological polar surface area (TPSA) is 58.2 Å². The Kier molecular flexibility index (Phi) is 2.57. The second-order valence-electron chi connectivity index (χ2n) is 4.68. The first-order chi connectivity index (χ1) is 6.52. The normalized spacial score (nSPS) is 31.4. The van der Waals surface area contributed by atoms with Crippen LogP contribution in [0, 0.1) is 0 Å². The van der Waals surface area contributed by atoms with E-state index >= 15 is 0 Å². The van der Waals surface area contributed by atoms with Crippen molar-refractivity contribution in [3.8, 4) is 0 Å². The van der Waals surface area contributed by atoms with E-state index < -0.39 is 10.0 Å². The van der Waals surface area contributed by atoms with Crippen LogP contribution in [0.25, 0.3) is 0 Å². The molecule has 1 saturated carbocycles. The largest absolute Gasteiger partial charge is 0.315 e. The minimum atomic E-state index is -3.09. The van der Waals surface area contributed by atoms with Gasteiger partial charge in [-0.25, -0.2) is 13.1 Å². The molecule has 0 aromatic heterocycles. The van der Waals surface area contributed by atoms with Crippen molar-refractivity contribution in [2.45, 2.75) is 43.4 Å². The molecule has 0 aromatic rings. The van der Waals surface area contributed by atoms with Gasteiger partial charge in [0.05, 0.1) is 5.25 Å². The first-order valence-electron chi connectivity index (χ1n) is 5.25. The lowest BCUT2D eigenvalue weighted by atomic mass is 9.80. The van der Waals surface area contributed by atoms with Gasteiger partial charge in [0.1, 0.15) is 0 Å². The maximum atomic E-state index is 11.9. The Balaban J connectivity index is 2.01. The lowest BCUT2D eigenvalue weighted by Crippen LogP contribution is -2.53. The summed E-state index contributed by atoms with van der Waals surface area (Å²) in [4.78, 5) is 0. The van der Waals surface area contributed by atoms with E-state index in [4.69, 9.17) is 0 Å². The average Bonchev–Trinajstić information content (AvgIpc) is 2.52. The molecule has 0 aromatic carbocycles. The van der Waals surface area contributed by atoms with Crippen LogP contribution in [-0.4, -0.2) is 32.3 Å². The van der Waals surface area contributed by atoms with E-state index in [0.29, 0.717) is 6.54 Å². The Morgan fingerprint density at radius 1 is 1.43 bits per heavy atom. The van der Waals surface area contributed by atoms with Crippen LogP contribution in [0.1, 0.15) is 32.6 Å². The molecule has 0 bridgehead atoms. The van der Waals surface area contributed by atoms with E-state index in [2.05, 4.69) is 10.0 Å². The lowest BCUT2D eigenvalue weighted by molar-refractivity contribution is 0.247. The van der Waals surface area contributed by atoms with Crippen molar-refractivity contribution in [1.82, 2.24) is 10.0 Å². The molecule has 1 heterocycles. The second kappa shape index (κ2) is 3.47. The van der Waals surface area contributed by atoms with Crippen LogP contribution in [0.15, 0.2) is 0 Å². The number of sulfonamides is 1. The van der Waals surface area contributed by atoms with E-state index in [1.54, 1.807) is 0 Å². The third-order valence-corrected chi connectivity index (χ3v) is 5.36. The van der Waals surface area contributed by atoms with Crippen molar-refractivity contribution in [3.05, 3.63) is 0 Å². The van der Waals surface area contributed by atoms with Crippen LogP contribution in [0.2, 0.25) is 0 Å². The highest BCUT2D eigenvalue weighted by molar-refractivity contribution is 7.90. The smallest absolute Gasteiger partial charge is 0.216 e. The molecule has 82 valence electrons. The molecule has 1 aliphatic heterocycles. The van der Waals surface area contributed by atoms with Gasteiger partial charge >= 0.3 is 0 Å². The summed E-state index contributed by atoms with van der Waals surface area (Å²) in [7, 11) is -3.09. The molecule has 2 aliphatic rings. The Hall–Kier alpha value is -0.130. The highest BCUT2D eigenvalue weighted by Crippen LogP contribution is 2.32. The minimum absolute atomic E-state index is 0.151. The van der Waals surface area contributed by atoms with Crippen LogP contribution in [0.5, 0.6) is 0 Å². The molecule has 2 rings (SSSR count). The molecule has 0 spiro atoms. The van der Waals surface area contributed by atoms with Crippen molar-refractivity contribution >= 4 is 10.0 Å². The average molecular weight is 218 g/mol. The predicted molar refractivity (Wildman–Crippen MR) is 55.6 cm³/mol. The molecule has 1 atom stereocenters. The van der Waals surface area contributed by atoms with Crippen LogP contribution in [0.3, 0.4) is 0 Å². The van der Waals surface area contributed by atoms with Gasteiger partial charge in [-0.15, -0.1) is 0 Å². The third kappa shape index (κ3) is 1.94. The van der Waals surface area contributed by atoms with Gasteiger partial charge in [-0.2, -0.15) is 0 Å². The molecule has 1 aliphatic carbocycles. The fraction of sp³-hybridized carbons (Fsp3) is 1.00. The summed E-state index contributed by atoms with van der Waals surface area (Å²) in [6, 6.07) is 0. The third-order valence-electron chi connectivity index (χ3n) is 3.30. The summed E-state index contributed by atoms with van der Waals surface area (Å²) < 4.78 is 26.6. The van der Waals surface area contributed by atoms with Crippen molar-refractivity contribution in [2.24, 2.45) is 0 Å². The molecule has 1 saturated heterocycles. The van der Waals surface area contributed by atoms with Crippen molar-refractivity contribution in [3.63, 3.8) is 0 Å². The van der Waals surface area contributed by atoms with Gasteiger partial charge < -0.3 is 5.32 Å². The van der Waals surface area contributed by atoms with Crippen LogP contribution < -0.4 is 10.0 Å². The molecule has 4 nitrogen and oxygen atoms in total. The zero-order valence-electron chi connectivity index (χ0n) is 8.54. The van der Waals surface area contributed by atoms with Crippen LogP contribution in [0.4, 0.5) is 0 Å². The van der Waals surface area contributed by atoms with Gasteiger partial charge in [-0.1, -0.05) is 0 Å². The second-order valence-corrected chi connectivity index (χ2v) is 6.64. The summed E-state index contributed by atoms with van der Waals surface area (Å²) >= 11 is 0. The fourth-order valence-corrected chi connectivity index (χ4v) is 3.95. The maximum Gasteiger partial charge on any atom is 0.216 e. The molecule has 2 N–H and O–H groups in total. The van der Waals surface area contributed by atoms with Gasteiger partial charge in [0, 0.05) is 12.1 Å². The van der Waals surface area contributed by atoms with Crippen molar-refractivity contribution in [1.29, 1.82) is 0 Å². The molecule has 14 heavy (non-hydrogen) atoms. The standard InChI is InChI=1S/C9H18N2O2S/c1-9(4-2-5-9)11-14(12,13)8-3-6-10-7-8/h8,10-11H,2-7H2,1H3. The highest BCUT2D eigenvalue weighted by Gasteiger charge is 2.39. The van der Waals surface area contributed by atoms with Gasteiger partial charge in [-0.05, 0) is 39.2 Å². The molecule has 0 radical (unpaired) electrons. The minimum Gasteiger partial charge on any atom is -0.315 e. The van der Waals surface area contributed by atoms with E-state index in [0.717, 1.165) is 32.2 Å². The SMILES string of the molecule is CC1(NS(=O)(=O)C2CCNC2)CCC1. The van der Waals surface area contributed by atoms with Gasteiger partial charge in [0.2, 0.25) is 10.0 Å². The van der Waals surface area contributed by atoms with E-state index in [1.807, 2.05) is 6.92 Å². The molecule has 2 fully saturated rings. The molecule has 0 amide bonds. The first-order valence-corrected chi connectivity index (χ1v) is 6.80. The summed E-state index contributed by atoms with van der Waals surface area (Å²) in [5, 5.41) is 2.86. The van der Waals surface area contributed by atoms with E-state index in [9.17, 15) is 8.42 Å². The summed E-state index contributed by atoms with van der Waals surface area (Å²) in [6.07, 6.45) is 3.84. The number of hydrogen-bond donors (Lipinski definition) is 2. The van der Waals surface area contributed by atoms with E-state index in [1.165, 1.54) is 0 Å². The van der Waals surface area contributed by atoms with E-state index in [-0.39, 0.29) is 10.8 Å². The zero-order valence-corrected chi connectivity index (χ0v) is 9.36. The van der Waals surface area contributed by atoms with Gasteiger partial charge in [0.25, 0.3) is 0 Å². The quantitative estimate of drug-likeness (QED) is 0.712. The molecular weight excluding hydrogens is 200 g/mol. The summed E-state index contributed by atoms with van der Waals surface area (Å²) in [5.74, 6) is 0. The number of rotatable bonds is 3. The molecule has 1 unspecified atom stereocenters. The van der Waals surface area contributed by atoms with Crippen molar-refractivity contribution in [2.75, 3.05) is 13.1 Å². The van der Waals surface area contributed by atoms with Gasteiger partial charge in [0.15, 0.2) is 0 Å². The Morgan fingerprint density at radius 2 is 2.14 bits per heavy atom. The lowest BCUT2D eigenvalue weighted by Gasteiger charge is -2.39. The summed E-state index contributed by atoms with van der Waals surface area (Å²) in [6.45, 7) is 3.42. The monoisotopic (exact) mass is 218 g/mol. The Morgan fingerprint density at radius 3 is 2.57 bits per heavy atom. The highest BCUT2D eigenvalue weighted by atomic mass is 32.2. The van der Waals surface area contributed by atoms with Crippen LogP contribution in [-0.2, 0) is 10.0 Å². The maximum absolute atomic E-state index is 11.9. The van der Waals surface area contributed by atoms with Crippen molar-refractivity contribution < 1.29 is 8.42 Å². The number of nitrogens with one attached hydrogen (secondary N) is 2. The fourth-order valence-electron chi connectivity index (χ4n) is 2.13. The summed E-state index contributed by atoms with van der Waals surface area (Å²) in [5.41, 5.74) is -0.151. The molecule has 5 heteroatoms.